The van der Waals surface area contributed by atoms with E-state index in [0.29, 0.717) is 15.6 Å². The van der Waals surface area contributed by atoms with E-state index in [0.717, 1.165) is 50.3 Å². The van der Waals surface area contributed by atoms with Crippen molar-refractivity contribution in [1.29, 1.82) is 0 Å². The van der Waals surface area contributed by atoms with E-state index in [9.17, 15) is 14.7 Å². The van der Waals surface area contributed by atoms with Gasteiger partial charge in [0.15, 0.2) is 0 Å². The van der Waals surface area contributed by atoms with E-state index >= 15 is 0 Å². The second-order valence-electron chi connectivity index (χ2n) is 7.18. The Morgan fingerprint density at radius 3 is 2.87 bits per heavy atom. The van der Waals surface area contributed by atoms with Gasteiger partial charge < -0.3 is 10.4 Å². The first kappa shape index (κ1) is 21.1. The topological polar surface area (TPSA) is 83.7 Å². The Bertz CT molecular complexity index is 1300. The number of nitrogens with zero attached hydrogens (tertiary/aromatic N) is 2. The number of aliphatic imine (C=N–C) groups is 1. The van der Waals surface area contributed by atoms with Gasteiger partial charge in [-0.15, -0.1) is 0 Å². The zero-order chi connectivity index (χ0) is 22.1. The normalized spacial score (nSPS) is 13.6. The number of fused-ring (bicyclic) bond motifs is 1. The van der Waals surface area contributed by atoms with Gasteiger partial charge in [-0.1, -0.05) is 54.1 Å². The van der Waals surface area contributed by atoms with Gasteiger partial charge in [0.2, 0.25) is 11.8 Å². The maximum Gasteiger partial charge on any atom is 0.311 e. The summed E-state index contributed by atoms with van der Waals surface area (Å²) in [7, 11) is 0. The Kier molecular flexibility index (Phi) is 5.80. The van der Waals surface area contributed by atoms with E-state index in [-0.39, 0.29) is 12.4 Å². The van der Waals surface area contributed by atoms with Crippen LogP contribution in [0, 0.1) is 6.92 Å². The first-order chi connectivity index (χ1) is 14.9. The van der Waals surface area contributed by atoms with Crippen molar-refractivity contribution in [2.75, 3.05) is 5.32 Å². The van der Waals surface area contributed by atoms with Crippen molar-refractivity contribution >= 4 is 58.1 Å². The van der Waals surface area contributed by atoms with E-state index in [1.807, 2.05) is 25.1 Å². The molecule has 0 atom stereocenters. The van der Waals surface area contributed by atoms with E-state index in [4.69, 9.17) is 11.6 Å². The zero-order valence-electron chi connectivity index (χ0n) is 17.0. The second kappa shape index (κ2) is 8.53. The molecule has 6 nitrogen and oxygen atoms in total. The minimum absolute atomic E-state index is 0.243. The minimum atomic E-state index is -0.435. The van der Waals surface area contributed by atoms with Gasteiger partial charge in [-0.25, -0.2) is 0 Å². The molecule has 3 aromatic rings. The van der Waals surface area contributed by atoms with Crippen molar-refractivity contribution in [3.8, 4) is 5.88 Å². The summed E-state index contributed by atoms with van der Waals surface area (Å²) in [5.74, 6) is -0.678. The van der Waals surface area contributed by atoms with Crippen molar-refractivity contribution in [3.63, 3.8) is 0 Å². The number of hydrogen-bond acceptors (Lipinski definition) is 5. The molecule has 2 aromatic carbocycles. The van der Waals surface area contributed by atoms with Crippen LogP contribution >= 0.6 is 22.9 Å². The summed E-state index contributed by atoms with van der Waals surface area (Å²) in [6.07, 6.45) is 4.32. The van der Waals surface area contributed by atoms with Crippen LogP contribution in [-0.4, -0.2) is 21.8 Å². The lowest BCUT2D eigenvalue weighted by atomic mass is 10.0. The number of benzene rings is 2. The Morgan fingerprint density at radius 2 is 2.13 bits per heavy atom. The van der Waals surface area contributed by atoms with Gasteiger partial charge in [0, 0.05) is 28.1 Å². The van der Waals surface area contributed by atoms with Crippen LogP contribution in [0.3, 0.4) is 0 Å². The van der Waals surface area contributed by atoms with Crippen LogP contribution in [0.5, 0.6) is 5.88 Å². The molecule has 0 unspecified atom stereocenters. The number of carbonyl (C=O) groups excluding carboxylic acids is 1. The number of nitrogens with one attached hydrogen (secondary N) is 1. The fourth-order valence-electron chi connectivity index (χ4n) is 3.38. The van der Waals surface area contributed by atoms with Gasteiger partial charge in [-0.2, -0.15) is 0 Å². The quantitative estimate of drug-likeness (QED) is 0.568. The van der Waals surface area contributed by atoms with Crippen molar-refractivity contribution < 1.29 is 9.90 Å². The summed E-state index contributed by atoms with van der Waals surface area (Å²) in [5, 5.41) is 13.8. The lowest BCUT2D eigenvalue weighted by Gasteiger charge is -2.08. The first-order valence-corrected chi connectivity index (χ1v) is 10.9. The molecule has 1 aromatic heterocycles. The van der Waals surface area contributed by atoms with Crippen LogP contribution in [0.4, 0.5) is 11.4 Å². The number of aromatic nitrogens is 1. The molecule has 4 rings (SSSR count). The number of carbonyl (C=O) groups is 1. The fraction of sp³-hybridized carbons (Fsp3) is 0.174. The summed E-state index contributed by atoms with van der Waals surface area (Å²) in [6.45, 7) is 3.63. The number of hydrogen-bond donors (Lipinski definition) is 2. The lowest BCUT2D eigenvalue weighted by molar-refractivity contribution is -0.116. The molecule has 0 radical (unpaired) electrons. The van der Waals surface area contributed by atoms with Gasteiger partial charge in [-0.3, -0.25) is 19.1 Å². The number of rotatable bonds is 5. The fourth-order valence-corrected chi connectivity index (χ4v) is 4.40. The van der Waals surface area contributed by atoms with Gasteiger partial charge in [0.1, 0.15) is 6.54 Å². The van der Waals surface area contributed by atoms with E-state index in [1.165, 1.54) is 0 Å². The summed E-state index contributed by atoms with van der Waals surface area (Å²) in [6, 6.07) is 11.1. The van der Waals surface area contributed by atoms with Crippen LogP contribution in [-0.2, 0) is 17.8 Å². The molecule has 0 saturated heterocycles. The maximum atomic E-state index is 12.4. The van der Waals surface area contributed by atoms with Gasteiger partial charge >= 0.3 is 4.87 Å². The predicted octanol–water partition coefficient (Wildman–Crippen LogP) is 5.03. The highest BCUT2D eigenvalue weighted by molar-refractivity contribution is 7.10. The molecule has 1 amide bonds. The van der Waals surface area contributed by atoms with Crippen LogP contribution in [0.15, 0.2) is 46.2 Å². The zero-order valence-corrected chi connectivity index (χ0v) is 18.5. The number of allylic oxidation sites excluding steroid dienone is 1. The molecule has 0 bridgehead atoms. The molecule has 2 heterocycles. The molecule has 1 aliphatic rings. The number of para-hydroxylation sites is 1. The smallest absolute Gasteiger partial charge is 0.311 e. The van der Waals surface area contributed by atoms with Crippen LogP contribution in [0.1, 0.15) is 28.5 Å². The highest BCUT2D eigenvalue weighted by Gasteiger charge is 2.19. The number of aryl methyl sites for hydroxylation is 2. The molecular weight excluding hydrogens is 434 g/mol. The van der Waals surface area contributed by atoms with Crippen LogP contribution < -0.4 is 10.2 Å². The molecule has 0 fully saturated rings. The number of amides is 1. The minimum Gasteiger partial charge on any atom is -0.493 e. The number of thiazole rings is 1. The van der Waals surface area contributed by atoms with Gasteiger partial charge in [0.25, 0.3) is 0 Å². The highest BCUT2D eigenvalue weighted by Crippen LogP contribution is 2.37. The molecule has 0 spiro atoms. The maximum absolute atomic E-state index is 12.4. The third-order valence-corrected chi connectivity index (χ3v) is 6.40. The van der Waals surface area contributed by atoms with Crippen molar-refractivity contribution in [2.24, 2.45) is 4.99 Å². The molecule has 2 N–H and O–H groups in total. The average molecular weight is 454 g/mol. The molecule has 31 heavy (non-hydrogen) atoms. The molecule has 1 aliphatic heterocycles. The molecule has 0 saturated carbocycles. The SMILES string of the molecule is CCc1cccc2c1N=C/C2=C/c1sc(=O)n(CC(=O)Nc2ccc(C)c(Cl)c2)c1O. The Balaban J connectivity index is 1.57. The largest absolute Gasteiger partial charge is 0.493 e. The first-order valence-electron chi connectivity index (χ1n) is 9.74. The Hall–Kier alpha value is -3.16. The van der Waals surface area contributed by atoms with E-state index in [2.05, 4.69) is 17.2 Å². The lowest BCUT2D eigenvalue weighted by Crippen LogP contribution is -2.24. The summed E-state index contributed by atoms with van der Waals surface area (Å²) < 4.78 is 1.05. The number of aromatic hydroxyl groups is 1. The second-order valence-corrected chi connectivity index (χ2v) is 8.58. The summed E-state index contributed by atoms with van der Waals surface area (Å²) in [5.41, 5.74) is 5.25. The average Bonchev–Trinajstić information content (AvgIpc) is 3.27. The predicted molar refractivity (Wildman–Crippen MR) is 127 cm³/mol. The number of anilines is 1. The Labute approximate surface area is 188 Å². The van der Waals surface area contributed by atoms with Crippen LogP contribution in [0.25, 0.3) is 11.6 Å². The molecule has 8 heteroatoms. The monoisotopic (exact) mass is 453 g/mol. The van der Waals surface area contributed by atoms with Crippen molar-refractivity contribution in [1.82, 2.24) is 4.57 Å². The van der Waals surface area contributed by atoms with Gasteiger partial charge in [0.05, 0.1) is 10.6 Å². The molecule has 0 aliphatic carbocycles. The van der Waals surface area contributed by atoms with E-state index in [1.54, 1.807) is 30.5 Å². The highest BCUT2D eigenvalue weighted by atomic mass is 35.5. The molecular formula is C23H20ClN3O3S. The van der Waals surface area contributed by atoms with Crippen molar-refractivity contribution in [2.45, 2.75) is 26.8 Å². The third-order valence-electron chi connectivity index (χ3n) is 5.08. The molecule has 158 valence electrons. The van der Waals surface area contributed by atoms with Gasteiger partial charge in [-0.05, 0) is 42.7 Å². The Morgan fingerprint density at radius 1 is 1.32 bits per heavy atom. The summed E-state index contributed by atoms with van der Waals surface area (Å²) in [4.78, 5) is 29.3. The van der Waals surface area contributed by atoms with Crippen LogP contribution in [0.2, 0.25) is 5.02 Å². The third kappa shape index (κ3) is 4.19. The summed E-state index contributed by atoms with van der Waals surface area (Å²) >= 11 is 6.97. The van der Waals surface area contributed by atoms with Crippen molar-refractivity contribution in [3.05, 3.63) is 72.7 Å². The van der Waals surface area contributed by atoms with E-state index < -0.39 is 10.8 Å². The standard InChI is InChI=1S/C23H20ClN3O3S/c1-3-14-5-4-6-17-15(11-25-21(14)17)9-19-22(29)27(23(30)31-19)12-20(28)26-16-8-7-13(2)18(24)10-16/h4-11,29H,3,12H2,1-2H3,(H,26,28)/b15-9-. The number of halogens is 1.